The first kappa shape index (κ1) is 57.1. The van der Waals surface area contributed by atoms with Gasteiger partial charge in [0, 0.05) is 84.1 Å². The molecule has 0 N–H and O–H groups in total. The van der Waals surface area contributed by atoms with Gasteiger partial charge >= 0.3 is 0 Å². The number of hydrogen-bond acceptors (Lipinski definition) is 6. The van der Waals surface area contributed by atoms with Gasteiger partial charge in [-0.25, -0.2) is 0 Å². The van der Waals surface area contributed by atoms with E-state index in [-0.39, 0.29) is 17.3 Å². The van der Waals surface area contributed by atoms with Gasteiger partial charge in [-0.15, -0.1) is 0 Å². The molecule has 14 aromatic carbocycles. The Morgan fingerprint density at radius 3 is 1.50 bits per heavy atom. The summed E-state index contributed by atoms with van der Waals surface area (Å²) >= 11 is 1.90. The van der Waals surface area contributed by atoms with E-state index in [0.29, 0.717) is 0 Å². The maximum absolute atomic E-state index is 7.47. The standard InChI is InChI=1S/C90H66N4OS/c1-90(2,3)64-48-44-62(45-49-64)72-38-19-22-41-77(72)94-79-58-84-76(86-73-39-20-23-42-78(73)93(67-35-17-8-18-36-67)81-54-71(56-85(96-84)89(81)86)91(65-31-13-6-14-32-65)66-33-15-7-16-34-66)57-75(79)87-74-40-21-24-43-82(74)95-83-55-70(53-80(94)88(83)87)92(68-50-46-61(47-51-68)59-26-9-4-10-27-59)69-37-25-30-63(52-69)60-28-11-5-12-29-60/h4-58,86-87H,1-3H3. The molecule has 0 bridgehead atoms. The molecule has 0 amide bonds. The number of para-hydroxylation sites is 6. The van der Waals surface area contributed by atoms with Crippen molar-refractivity contribution < 1.29 is 4.74 Å². The van der Waals surface area contributed by atoms with Gasteiger partial charge in [0.2, 0.25) is 0 Å². The minimum Gasteiger partial charge on any atom is -0.457 e. The summed E-state index contributed by atoms with van der Waals surface area (Å²) in [6.07, 6.45) is 0. The fourth-order valence-corrected chi connectivity index (χ4v) is 16.4. The molecule has 4 aliphatic heterocycles. The average molecular weight is 1250 g/mol. The van der Waals surface area contributed by atoms with Gasteiger partial charge < -0.3 is 24.3 Å². The minimum atomic E-state index is -0.193. The van der Waals surface area contributed by atoms with Crippen LogP contribution in [0.15, 0.2) is 343 Å². The van der Waals surface area contributed by atoms with Crippen molar-refractivity contribution in [2.45, 2.75) is 47.8 Å². The Kier molecular flexibility index (Phi) is 13.8. The van der Waals surface area contributed by atoms with Crippen LogP contribution in [0, 0.1) is 0 Å². The molecule has 5 nitrogen and oxygen atoms in total. The van der Waals surface area contributed by atoms with Crippen LogP contribution in [0.2, 0.25) is 0 Å². The molecule has 2 unspecified atom stereocenters. The number of nitrogens with zero attached hydrogens (tertiary/aromatic N) is 4. The van der Waals surface area contributed by atoms with Crippen molar-refractivity contribution in [2.24, 2.45) is 0 Å². The third-order valence-electron chi connectivity index (χ3n) is 19.7. The van der Waals surface area contributed by atoms with Crippen molar-refractivity contribution in [1.82, 2.24) is 0 Å². The van der Waals surface area contributed by atoms with Gasteiger partial charge in [-0.1, -0.05) is 257 Å². The van der Waals surface area contributed by atoms with Gasteiger partial charge in [0.1, 0.15) is 11.5 Å². The molecule has 0 aromatic heterocycles. The summed E-state index contributed by atoms with van der Waals surface area (Å²) in [6.45, 7) is 6.87. The summed E-state index contributed by atoms with van der Waals surface area (Å²) < 4.78 is 7.47. The van der Waals surface area contributed by atoms with E-state index in [9.17, 15) is 0 Å². The predicted molar refractivity (Wildman–Crippen MR) is 399 cm³/mol. The van der Waals surface area contributed by atoms with Crippen LogP contribution in [0.5, 0.6) is 11.5 Å². The highest BCUT2D eigenvalue weighted by Gasteiger charge is 2.45. The first-order chi connectivity index (χ1) is 47.3. The van der Waals surface area contributed by atoms with Gasteiger partial charge in [-0.3, -0.25) is 0 Å². The Labute approximate surface area is 566 Å². The first-order valence-corrected chi connectivity index (χ1v) is 34.0. The van der Waals surface area contributed by atoms with Gasteiger partial charge in [0.15, 0.2) is 0 Å². The van der Waals surface area contributed by atoms with Crippen LogP contribution in [0.4, 0.5) is 68.2 Å². The summed E-state index contributed by atoms with van der Waals surface area (Å²) in [7, 11) is 0. The Morgan fingerprint density at radius 2 is 0.812 bits per heavy atom. The van der Waals surface area contributed by atoms with Crippen LogP contribution in [0.1, 0.15) is 71.6 Å². The molecule has 0 saturated carbocycles. The van der Waals surface area contributed by atoms with Crippen molar-refractivity contribution in [1.29, 1.82) is 0 Å². The molecule has 0 spiro atoms. The molecule has 0 aliphatic carbocycles. The zero-order chi connectivity index (χ0) is 64.0. The maximum Gasteiger partial charge on any atom is 0.135 e. The predicted octanol–water partition coefficient (Wildman–Crippen LogP) is 25.4. The Morgan fingerprint density at radius 1 is 0.302 bits per heavy atom. The van der Waals surface area contributed by atoms with E-state index in [1.807, 2.05) is 11.8 Å². The molecule has 0 radical (unpaired) electrons. The highest BCUT2D eigenvalue weighted by molar-refractivity contribution is 7.99. The quantitative estimate of drug-likeness (QED) is 0.128. The third-order valence-corrected chi connectivity index (χ3v) is 20.8. The van der Waals surface area contributed by atoms with E-state index in [4.69, 9.17) is 4.74 Å². The largest absolute Gasteiger partial charge is 0.457 e. The third kappa shape index (κ3) is 9.70. The number of anilines is 12. The molecule has 458 valence electrons. The average Bonchev–Trinajstić information content (AvgIpc) is 0.696. The number of hydrogen-bond donors (Lipinski definition) is 0. The van der Waals surface area contributed by atoms with Crippen molar-refractivity contribution in [2.75, 3.05) is 19.6 Å². The lowest BCUT2D eigenvalue weighted by Crippen LogP contribution is -2.28. The Bertz CT molecular complexity index is 5250. The van der Waals surface area contributed by atoms with Crippen LogP contribution in [-0.2, 0) is 5.41 Å². The van der Waals surface area contributed by atoms with Crippen LogP contribution in [-0.4, -0.2) is 0 Å². The van der Waals surface area contributed by atoms with Crippen molar-refractivity contribution >= 4 is 80.0 Å². The Balaban J connectivity index is 0.902. The molecular weight excluding hydrogens is 1190 g/mol. The fourth-order valence-electron chi connectivity index (χ4n) is 15.2. The van der Waals surface area contributed by atoms with Crippen molar-refractivity contribution in [3.05, 3.63) is 373 Å². The van der Waals surface area contributed by atoms with E-state index in [2.05, 4.69) is 374 Å². The second-order valence-electron chi connectivity index (χ2n) is 26.4. The van der Waals surface area contributed by atoms with Gasteiger partial charge in [-0.2, -0.15) is 0 Å². The molecule has 96 heavy (non-hydrogen) atoms. The second kappa shape index (κ2) is 23.2. The summed E-state index contributed by atoms with van der Waals surface area (Å²) in [5.41, 5.74) is 28.6. The van der Waals surface area contributed by atoms with E-state index in [0.717, 1.165) is 107 Å². The summed E-state index contributed by atoms with van der Waals surface area (Å²) in [5.74, 6) is 1.39. The van der Waals surface area contributed by atoms with Gasteiger partial charge in [0.05, 0.1) is 34.1 Å². The maximum atomic E-state index is 7.47. The van der Waals surface area contributed by atoms with Crippen LogP contribution < -0.4 is 24.3 Å². The second-order valence-corrected chi connectivity index (χ2v) is 27.5. The topological polar surface area (TPSA) is 22.2 Å². The molecular formula is C90H66N4OS. The normalized spacial score (nSPS) is 14.4. The summed E-state index contributed by atoms with van der Waals surface area (Å²) in [4.78, 5) is 12.4. The first-order valence-electron chi connectivity index (χ1n) is 33.2. The van der Waals surface area contributed by atoms with E-state index >= 15 is 0 Å². The van der Waals surface area contributed by atoms with Crippen LogP contribution in [0.25, 0.3) is 33.4 Å². The monoisotopic (exact) mass is 1250 g/mol. The number of ether oxygens (including phenoxy) is 1. The molecule has 14 aromatic rings. The highest BCUT2D eigenvalue weighted by atomic mass is 32.2. The number of fused-ring (bicyclic) bond motifs is 8. The molecule has 4 heterocycles. The SMILES string of the molecule is CC(C)(C)c1ccc(-c2ccccc2N2c3cc4c(cc3C3c5ccccc5Oc5cc(N(c6ccc(-c7ccccc7)cc6)c6cccc(-c7ccccc7)c6)cc2c53)C2c3ccccc3N(c3ccccc3)c3cc(N(c5ccccc5)c5ccccc5)cc(c32)S4)cc1. The van der Waals surface area contributed by atoms with Crippen LogP contribution >= 0.6 is 11.8 Å². The lowest BCUT2D eigenvalue weighted by Gasteiger charge is -2.45. The molecule has 0 fully saturated rings. The zero-order valence-electron chi connectivity index (χ0n) is 53.5. The van der Waals surface area contributed by atoms with E-state index in [1.54, 1.807) is 0 Å². The number of rotatable bonds is 11. The lowest BCUT2D eigenvalue weighted by molar-refractivity contribution is 0.452. The van der Waals surface area contributed by atoms with Crippen molar-refractivity contribution in [3.8, 4) is 44.9 Å². The van der Waals surface area contributed by atoms with Crippen molar-refractivity contribution in [3.63, 3.8) is 0 Å². The van der Waals surface area contributed by atoms with E-state index in [1.165, 1.54) is 54.5 Å². The molecule has 6 heteroatoms. The minimum absolute atomic E-state index is 0.0139. The summed E-state index contributed by atoms with van der Waals surface area (Å²) in [6, 6.07) is 123. The molecule has 2 atom stereocenters. The highest BCUT2D eigenvalue weighted by Crippen LogP contribution is 2.66. The van der Waals surface area contributed by atoms with Crippen LogP contribution in [0.3, 0.4) is 0 Å². The Hall–Kier alpha value is -11.6. The zero-order valence-corrected chi connectivity index (χ0v) is 54.3. The van der Waals surface area contributed by atoms with Gasteiger partial charge in [-0.05, 0) is 159 Å². The van der Waals surface area contributed by atoms with E-state index < -0.39 is 0 Å². The molecule has 4 aliphatic rings. The molecule has 0 saturated heterocycles. The van der Waals surface area contributed by atoms with Gasteiger partial charge in [0.25, 0.3) is 0 Å². The lowest BCUT2D eigenvalue weighted by atomic mass is 9.74. The number of benzene rings is 14. The fraction of sp³-hybridized carbons (Fsp3) is 0.0667. The molecule has 18 rings (SSSR count). The smallest absolute Gasteiger partial charge is 0.135 e. The summed E-state index contributed by atoms with van der Waals surface area (Å²) in [5, 5.41) is 0.